The van der Waals surface area contributed by atoms with Gasteiger partial charge in [-0.15, -0.1) is 0 Å². The highest BCUT2D eigenvalue weighted by molar-refractivity contribution is 9.10. The Labute approximate surface area is 184 Å². The van der Waals surface area contributed by atoms with E-state index in [1.807, 2.05) is 19.1 Å². The zero-order valence-electron chi connectivity index (χ0n) is 16.1. The molecule has 1 heterocycles. The number of nitro groups is 2. The first-order valence-corrected chi connectivity index (χ1v) is 9.72. The van der Waals surface area contributed by atoms with Gasteiger partial charge in [0.1, 0.15) is 16.0 Å². The fraction of sp³-hybridized carbons (Fsp3) is 0.158. The summed E-state index contributed by atoms with van der Waals surface area (Å²) in [6.45, 7) is 2.00. The van der Waals surface area contributed by atoms with Crippen molar-refractivity contribution >= 4 is 39.0 Å². The van der Waals surface area contributed by atoms with Crippen LogP contribution in [0.3, 0.4) is 0 Å². The van der Waals surface area contributed by atoms with Crippen molar-refractivity contribution in [1.29, 1.82) is 0 Å². The smallest absolute Gasteiger partial charge is 0.404 e. The summed E-state index contributed by atoms with van der Waals surface area (Å²) in [6, 6.07) is 11.1. The molecule has 2 aromatic carbocycles. The highest BCUT2D eigenvalue weighted by Crippen LogP contribution is 2.30. The fourth-order valence-corrected chi connectivity index (χ4v) is 3.09. The molecule has 0 spiro atoms. The molecular weight excluding hydrogens is 474 g/mol. The Bertz CT molecular complexity index is 1150. The molecular formula is C19H16BrN5O6. The first kappa shape index (κ1) is 21.9. The quantitative estimate of drug-likeness (QED) is 0.359. The third-order valence-electron chi connectivity index (χ3n) is 4.08. The van der Waals surface area contributed by atoms with Crippen molar-refractivity contribution in [3.05, 3.63) is 78.9 Å². The monoisotopic (exact) mass is 489 g/mol. The molecule has 0 bridgehead atoms. The van der Waals surface area contributed by atoms with E-state index in [9.17, 15) is 25.0 Å². The number of benzene rings is 2. The van der Waals surface area contributed by atoms with Gasteiger partial charge in [-0.05, 0) is 39.9 Å². The van der Waals surface area contributed by atoms with Gasteiger partial charge in [0, 0.05) is 18.6 Å². The summed E-state index contributed by atoms with van der Waals surface area (Å²) in [5.74, 6) is -0.109. The maximum atomic E-state index is 12.3. The van der Waals surface area contributed by atoms with Crippen LogP contribution in [0.25, 0.3) is 0 Å². The minimum absolute atomic E-state index is 0.0535. The number of nitro benzene ring substituents is 1. The molecule has 0 unspecified atom stereocenters. The van der Waals surface area contributed by atoms with Gasteiger partial charge in [0.15, 0.2) is 0 Å². The molecule has 1 N–H and O–H groups in total. The van der Waals surface area contributed by atoms with Crippen molar-refractivity contribution < 1.29 is 19.4 Å². The molecule has 3 aromatic rings. The van der Waals surface area contributed by atoms with Crippen LogP contribution in [0.15, 0.2) is 53.1 Å². The van der Waals surface area contributed by atoms with E-state index in [0.717, 1.165) is 5.56 Å². The molecule has 0 aliphatic heterocycles. The van der Waals surface area contributed by atoms with E-state index < -0.39 is 15.8 Å². The van der Waals surface area contributed by atoms with Gasteiger partial charge >= 0.3 is 5.82 Å². The predicted octanol–water partition coefficient (Wildman–Crippen LogP) is 4.59. The fourth-order valence-electron chi connectivity index (χ4n) is 2.63. The van der Waals surface area contributed by atoms with E-state index in [-0.39, 0.29) is 40.4 Å². The van der Waals surface area contributed by atoms with Gasteiger partial charge in [0.25, 0.3) is 5.69 Å². The number of nitrogens with zero attached hydrogens (tertiary/aromatic N) is 4. The molecule has 3 rings (SSSR count). The lowest BCUT2D eigenvalue weighted by Gasteiger charge is -2.09. The Morgan fingerprint density at radius 1 is 1.13 bits per heavy atom. The third-order valence-corrected chi connectivity index (χ3v) is 4.64. The van der Waals surface area contributed by atoms with Crippen molar-refractivity contribution in [2.45, 2.75) is 19.9 Å². The van der Waals surface area contributed by atoms with Crippen LogP contribution in [0.1, 0.15) is 12.0 Å². The van der Waals surface area contributed by atoms with Gasteiger partial charge in [-0.3, -0.25) is 14.9 Å². The minimum Gasteiger partial charge on any atom is -0.457 e. The van der Waals surface area contributed by atoms with Crippen LogP contribution in [0.2, 0.25) is 0 Å². The van der Waals surface area contributed by atoms with Crippen LogP contribution in [0.4, 0.5) is 17.2 Å². The zero-order chi connectivity index (χ0) is 22.5. The summed E-state index contributed by atoms with van der Waals surface area (Å²) in [7, 11) is 0. The molecule has 0 atom stereocenters. The maximum absolute atomic E-state index is 12.3. The molecule has 11 nitrogen and oxygen atoms in total. The van der Waals surface area contributed by atoms with Gasteiger partial charge in [0.05, 0.1) is 34.5 Å². The molecule has 0 saturated heterocycles. The number of hydrogen-bond donors (Lipinski definition) is 1. The van der Waals surface area contributed by atoms with Crippen LogP contribution in [0.5, 0.6) is 11.5 Å². The Morgan fingerprint density at radius 2 is 1.84 bits per heavy atom. The lowest BCUT2D eigenvalue weighted by molar-refractivity contribution is -0.390. The van der Waals surface area contributed by atoms with Gasteiger partial charge < -0.3 is 20.2 Å². The van der Waals surface area contributed by atoms with Crippen LogP contribution in [-0.2, 0) is 11.3 Å². The Balaban J connectivity index is 1.70. The van der Waals surface area contributed by atoms with Crippen LogP contribution in [-0.4, -0.2) is 25.5 Å². The Morgan fingerprint density at radius 3 is 2.45 bits per heavy atom. The number of carbonyl (C=O) groups is 1. The summed E-state index contributed by atoms with van der Waals surface area (Å²) < 4.78 is 7.14. The Hall–Kier alpha value is -3.80. The van der Waals surface area contributed by atoms with Gasteiger partial charge in [0.2, 0.25) is 5.91 Å². The number of aromatic nitrogens is 2. The number of aryl methyl sites for hydroxylation is 2. The molecule has 0 saturated carbocycles. The lowest BCUT2D eigenvalue weighted by Crippen LogP contribution is -2.15. The molecule has 160 valence electrons. The maximum Gasteiger partial charge on any atom is 0.404 e. The van der Waals surface area contributed by atoms with E-state index in [1.165, 1.54) is 29.1 Å². The predicted molar refractivity (Wildman–Crippen MR) is 114 cm³/mol. The van der Waals surface area contributed by atoms with E-state index >= 15 is 0 Å². The lowest BCUT2D eigenvalue weighted by atomic mass is 10.2. The number of halogens is 1. The average molecular weight is 490 g/mol. The van der Waals surface area contributed by atoms with Crippen molar-refractivity contribution in [2.75, 3.05) is 5.32 Å². The standard InChI is InChI=1S/C19H16BrN5O6/c1-12-2-4-15(5-3-12)31-16-9-13(8-14(10-16)24(27)28)21-18(26)6-7-23-11-17(20)19(22-23)25(29)30/h2-5,8-11H,6-7H2,1H3,(H,21,26). The number of carbonyl (C=O) groups excluding carboxylic acids is 1. The highest BCUT2D eigenvalue weighted by Gasteiger charge is 2.19. The number of non-ortho nitro benzene ring substituents is 1. The minimum atomic E-state index is -0.640. The molecule has 0 radical (unpaired) electrons. The number of amides is 1. The summed E-state index contributed by atoms with van der Waals surface area (Å²) >= 11 is 3.04. The first-order valence-electron chi connectivity index (χ1n) is 8.92. The number of rotatable bonds is 8. The summed E-state index contributed by atoms with van der Waals surface area (Å²) in [4.78, 5) is 33.2. The SMILES string of the molecule is Cc1ccc(Oc2cc(NC(=O)CCn3cc(Br)c([N+](=O)[O-])n3)cc([N+](=O)[O-])c2)cc1. The zero-order valence-corrected chi connectivity index (χ0v) is 17.7. The van der Waals surface area contributed by atoms with E-state index in [4.69, 9.17) is 4.74 Å². The second-order valence-corrected chi connectivity index (χ2v) is 7.36. The average Bonchev–Trinajstić information content (AvgIpc) is 3.09. The van der Waals surface area contributed by atoms with Gasteiger partial charge in [-0.25, -0.2) is 0 Å². The molecule has 0 aliphatic rings. The highest BCUT2D eigenvalue weighted by atomic mass is 79.9. The van der Waals surface area contributed by atoms with Crippen molar-refractivity contribution in [3.63, 3.8) is 0 Å². The van der Waals surface area contributed by atoms with Gasteiger partial charge in [-0.2, -0.15) is 4.68 Å². The molecule has 1 aromatic heterocycles. The molecule has 12 heteroatoms. The number of anilines is 1. The second kappa shape index (κ2) is 9.34. The third kappa shape index (κ3) is 5.85. The van der Waals surface area contributed by atoms with Crippen molar-refractivity contribution in [1.82, 2.24) is 9.78 Å². The van der Waals surface area contributed by atoms with Gasteiger partial charge in [-0.1, -0.05) is 17.7 Å². The van der Waals surface area contributed by atoms with E-state index in [2.05, 4.69) is 26.3 Å². The number of nitrogens with one attached hydrogen (secondary N) is 1. The molecule has 0 aliphatic carbocycles. The topological polar surface area (TPSA) is 142 Å². The number of ether oxygens (including phenoxy) is 1. The summed E-state index contributed by atoms with van der Waals surface area (Å²) in [5.41, 5.74) is 0.981. The first-order chi connectivity index (χ1) is 14.7. The van der Waals surface area contributed by atoms with Crippen LogP contribution in [0, 0.1) is 27.2 Å². The van der Waals surface area contributed by atoms with Crippen molar-refractivity contribution in [2.24, 2.45) is 0 Å². The normalized spacial score (nSPS) is 10.5. The van der Waals surface area contributed by atoms with Crippen molar-refractivity contribution in [3.8, 4) is 11.5 Å². The molecule has 1 amide bonds. The van der Waals surface area contributed by atoms with E-state index in [1.54, 1.807) is 12.1 Å². The molecule has 31 heavy (non-hydrogen) atoms. The largest absolute Gasteiger partial charge is 0.457 e. The van der Waals surface area contributed by atoms with Crippen LogP contribution >= 0.6 is 15.9 Å². The summed E-state index contributed by atoms with van der Waals surface area (Å²) in [6.07, 6.45) is 1.34. The Kier molecular flexibility index (Phi) is 6.60. The second-order valence-electron chi connectivity index (χ2n) is 6.51. The summed E-state index contributed by atoms with van der Waals surface area (Å²) in [5, 5.41) is 28.4. The number of hydrogen-bond acceptors (Lipinski definition) is 7. The van der Waals surface area contributed by atoms with Crippen LogP contribution < -0.4 is 10.1 Å². The molecule has 0 fully saturated rings. The van der Waals surface area contributed by atoms with E-state index in [0.29, 0.717) is 5.75 Å².